The molecule has 0 spiro atoms. The number of hydrogen-bond acceptors (Lipinski definition) is 3. The van der Waals surface area contributed by atoms with Crippen LogP contribution in [0.2, 0.25) is 0 Å². The van der Waals surface area contributed by atoms with Gasteiger partial charge in [-0.1, -0.05) is 18.2 Å². The molecular formula is C13H19F3N2O. The lowest BCUT2D eigenvalue weighted by Gasteiger charge is -2.13. The van der Waals surface area contributed by atoms with Crippen molar-refractivity contribution in [3.05, 3.63) is 35.4 Å². The average Bonchev–Trinajstić information content (AvgIpc) is 2.37. The average molecular weight is 276 g/mol. The summed E-state index contributed by atoms with van der Waals surface area (Å²) < 4.78 is 38.1. The molecule has 19 heavy (non-hydrogen) atoms. The Labute approximate surface area is 110 Å². The highest BCUT2D eigenvalue weighted by molar-refractivity contribution is 5.29. The minimum atomic E-state index is -4.30. The van der Waals surface area contributed by atoms with E-state index in [-0.39, 0.29) is 18.7 Å². The summed E-state index contributed by atoms with van der Waals surface area (Å²) in [5.74, 6) is 0. The number of halogens is 3. The van der Waals surface area contributed by atoms with Crippen molar-refractivity contribution >= 4 is 0 Å². The Balaban J connectivity index is 2.33. The second kappa shape index (κ2) is 8.14. The topological polar surface area (TPSA) is 44.3 Å². The number of aliphatic hydroxyl groups is 1. The molecule has 6 heteroatoms. The van der Waals surface area contributed by atoms with Gasteiger partial charge in [-0.15, -0.1) is 0 Å². The van der Waals surface area contributed by atoms with Crippen LogP contribution in [0.25, 0.3) is 0 Å². The van der Waals surface area contributed by atoms with Crippen LogP contribution in [0.4, 0.5) is 13.2 Å². The highest BCUT2D eigenvalue weighted by atomic mass is 19.4. The molecule has 0 bridgehead atoms. The number of aliphatic hydroxyl groups excluding tert-OH is 1. The van der Waals surface area contributed by atoms with Crippen LogP contribution in [0, 0.1) is 0 Å². The first kappa shape index (κ1) is 15.9. The van der Waals surface area contributed by atoms with Gasteiger partial charge in [0.25, 0.3) is 0 Å². The van der Waals surface area contributed by atoms with Crippen molar-refractivity contribution in [2.45, 2.75) is 19.1 Å². The Hall–Kier alpha value is -1.11. The van der Waals surface area contributed by atoms with Crippen LogP contribution in [-0.4, -0.2) is 31.3 Å². The van der Waals surface area contributed by atoms with Gasteiger partial charge in [-0.25, -0.2) is 0 Å². The van der Waals surface area contributed by atoms with Gasteiger partial charge in [0.15, 0.2) is 0 Å². The Bertz CT molecular complexity index is 369. The molecule has 1 aromatic carbocycles. The molecule has 1 rings (SSSR count). The first-order chi connectivity index (χ1) is 9.05. The highest BCUT2D eigenvalue weighted by Gasteiger charge is 2.32. The minimum absolute atomic E-state index is 0.0897. The third-order valence-electron chi connectivity index (χ3n) is 2.63. The molecule has 0 aliphatic carbocycles. The molecule has 0 aromatic heterocycles. The molecule has 0 saturated heterocycles. The van der Waals surface area contributed by atoms with E-state index in [1.54, 1.807) is 6.07 Å². The number of alkyl halides is 3. The summed E-state index contributed by atoms with van der Waals surface area (Å²) in [6.45, 7) is 2.19. The second-order valence-electron chi connectivity index (χ2n) is 4.16. The fraction of sp³-hybridized carbons (Fsp3) is 0.538. The van der Waals surface area contributed by atoms with E-state index in [0.717, 1.165) is 19.0 Å². The van der Waals surface area contributed by atoms with Crippen molar-refractivity contribution < 1.29 is 18.3 Å². The fourth-order valence-corrected chi connectivity index (χ4v) is 1.72. The first-order valence-corrected chi connectivity index (χ1v) is 6.23. The third-order valence-corrected chi connectivity index (χ3v) is 2.63. The van der Waals surface area contributed by atoms with E-state index in [1.807, 2.05) is 0 Å². The Morgan fingerprint density at radius 3 is 2.37 bits per heavy atom. The molecule has 0 heterocycles. The molecule has 0 unspecified atom stereocenters. The number of benzene rings is 1. The second-order valence-corrected chi connectivity index (χ2v) is 4.16. The third kappa shape index (κ3) is 6.04. The predicted octanol–water partition coefficient (Wildman–Crippen LogP) is 1.77. The van der Waals surface area contributed by atoms with Crippen LogP contribution in [-0.2, 0) is 12.7 Å². The van der Waals surface area contributed by atoms with Crippen LogP contribution in [0.15, 0.2) is 24.3 Å². The minimum Gasteiger partial charge on any atom is -0.395 e. The summed E-state index contributed by atoms with van der Waals surface area (Å²) in [5.41, 5.74) is -0.320. The van der Waals surface area contributed by atoms with Gasteiger partial charge in [0.05, 0.1) is 12.2 Å². The molecule has 0 atom stereocenters. The SMILES string of the molecule is OCCNCCCNCc1ccccc1C(F)(F)F. The fourth-order valence-electron chi connectivity index (χ4n) is 1.72. The zero-order chi connectivity index (χ0) is 14.1. The molecule has 0 saturated carbocycles. The van der Waals surface area contributed by atoms with Crippen molar-refractivity contribution in [1.29, 1.82) is 0 Å². The normalized spacial score (nSPS) is 11.8. The summed E-state index contributed by atoms with van der Waals surface area (Å²) in [6.07, 6.45) is -3.50. The van der Waals surface area contributed by atoms with E-state index in [1.165, 1.54) is 12.1 Å². The summed E-state index contributed by atoms with van der Waals surface area (Å²) in [4.78, 5) is 0. The first-order valence-electron chi connectivity index (χ1n) is 6.23. The largest absolute Gasteiger partial charge is 0.416 e. The molecule has 1 aromatic rings. The Kier molecular flexibility index (Phi) is 6.83. The van der Waals surface area contributed by atoms with Crippen LogP contribution < -0.4 is 10.6 Å². The summed E-state index contributed by atoms with van der Waals surface area (Å²) >= 11 is 0. The van der Waals surface area contributed by atoms with E-state index in [0.29, 0.717) is 13.1 Å². The van der Waals surface area contributed by atoms with Gasteiger partial charge in [0.1, 0.15) is 0 Å². The van der Waals surface area contributed by atoms with E-state index < -0.39 is 11.7 Å². The molecule has 0 aliphatic rings. The van der Waals surface area contributed by atoms with E-state index in [9.17, 15) is 13.2 Å². The van der Waals surface area contributed by atoms with Gasteiger partial charge in [-0.2, -0.15) is 13.2 Å². The van der Waals surface area contributed by atoms with Gasteiger partial charge in [0, 0.05) is 13.1 Å². The smallest absolute Gasteiger partial charge is 0.395 e. The van der Waals surface area contributed by atoms with Crippen LogP contribution in [0.5, 0.6) is 0 Å². The molecule has 0 aliphatic heterocycles. The van der Waals surface area contributed by atoms with Crippen molar-refractivity contribution in [2.24, 2.45) is 0 Å². The van der Waals surface area contributed by atoms with Crippen LogP contribution in [0.3, 0.4) is 0 Å². The standard InChI is InChI=1S/C13H19F3N2O/c14-13(15,16)12-5-2-1-4-11(12)10-18-7-3-6-17-8-9-19/h1-2,4-5,17-19H,3,6-10H2. The molecular weight excluding hydrogens is 257 g/mol. The van der Waals surface area contributed by atoms with Gasteiger partial charge in [-0.3, -0.25) is 0 Å². The number of hydrogen-bond donors (Lipinski definition) is 3. The molecule has 3 N–H and O–H groups in total. The van der Waals surface area contributed by atoms with E-state index >= 15 is 0 Å². The van der Waals surface area contributed by atoms with Crippen molar-refractivity contribution in [2.75, 3.05) is 26.2 Å². The van der Waals surface area contributed by atoms with Crippen LogP contribution in [0.1, 0.15) is 17.5 Å². The van der Waals surface area contributed by atoms with Crippen LogP contribution >= 0.6 is 0 Å². The van der Waals surface area contributed by atoms with Gasteiger partial charge >= 0.3 is 6.18 Å². The quantitative estimate of drug-likeness (QED) is 0.634. The van der Waals surface area contributed by atoms with Gasteiger partial charge in [-0.05, 0) is 31.1 Å². The number of rotatable bonds is 8. The van der Waals surface area contributed by atoms with Crippen molar-refractivity contribution in [3.8, 4) is 0 Å². The maximum Gasteiger partial charge on any atom is 0.416 e. The Morgan fingerprint density at radius 1 is 1.00 bits per heavy atom. The molecule has 108 valence electrons. The van der Waals surface area contributed by atoms with Crippen molar-refractivity contribution in [3.63, 3.8) is 0 Å². The summed E-state index contributed by atoms with van der Waals surface area (Å²) in [5, 5.41) is 14.5. The molecule has 3 nitrogen and oxygen atoms in total. The lowest BCUT2D eigenvalue weighted by Crippen LogP contribution is -2.24. The van der Waals surface area contributed by atoms with Gasteiger partial charge in [0.2, 0.25) is 0 Å². The summed E-state index contributed by atoms with van der Waals surface area (Å²) in [6, 6.07) is 5.58. The van der Waals surface area contributed by atoms with E-state index in [2.05, 4.69) is 10.6 Å². The lowest BCUT2D eigenvalue weighted by atomic mass is 10.1. The Morgan fingerprint density at radius 2 is 1.68 bits per heavy atom. The zero-order valence-corrected chi connectivity index (χ0v) is 10.6. The summed E-state index contributed by atoms with van der Waals surface area (Å²) in [7, 11) is 0. The monoisotopic (exact) mass is 276 g/mol. The maximum absolute atomic E-state index is 12.7. The molecule has 0 fully saturated rings. The predicted molar refractivity (Wildman–Crippen MR) is 67.7 cm³/mol. The van der Waals surface area contributed by atoms with Crippen molar-refractivity contribution in [1.82, 2.24) is 10.6 Å². The lowest BCUT2D eigenvalue weighted by molar-refractivity contribution is -0.138. The molecule has 0 amide bonds. The number of nitrogens with one attached hydrogen (secondary N) is 2. The zero-order valence-electron chi connectivity index (χ0n) is 10.6. The molecule has 0 radical (unpaired) electrons. The maximum atomic E-state index is 12.7. The highest BCUT2D eigenvalue weighted by Crippen LogP contribution is 2.31. The van der Waals surface area contributed by atoms with Gasteiger partial charge < -0.3 is 15.7 Å². The van der Waals surface area contributed by atoms with E-state index in [4.69, 9.17) is 5.11 Å².